The van der Waals surface area contributed by atoms with Gasteiger partial charge in [-0.3, -0.25) is 4.79 Å². The van der Waals surface area contributed by atoms with Gasteiger partial charge in [-0.25, -0.2) is 0 Å². The molecule has 0 bridgehead atoms. The number of aliphatic carboxylic acids is 1. The van der Waals surface area contributed by atoms with Gasteiger partial charge in [0.2, 0.25) is 0 Å². The molecule has 1 amide bonds. The molecule has 5 heteroatoms. The van der Waals surface area contributed by atoms with E-state index in [1.807, 2.05) is 0 Å². The molecular formula is C6H8CrNO3-. The molecule has 0 aromatic rings. The van der Waals surface area contributed by atoms with Crippen LogP contribution in [0.5, 0.6) is 0 Å². The van der Waals surface area contributed by atoms with Crippen molar-refractivity contribution in [1.82, 2.24) is 4.90 Å². The van der Waals surface area contributed by atoms with Crippen molar-refractivity contribution in [1.29, 1.82) is 0 Å². The molecular weight excluding hydrogens is 186 g/mol. The summed E-state index contributed by atoms with van der Waals surface area (Å²) in [6.45, 7) is 0.528. The Kier molecular flexibility index (Phi) is 4.16. The summed E-state index contributed by atoms with van der Waals surface area (Å²) in [4.78, 5) is 21.6. The van der Waals surface area contributed by atoms with Crippen LogP contribution in [0.2, 0.25) is 0 Å². The molecule has 1 aliphatic heterocycles. The van der Waals surface area contributed by atoms with Crippen LogP contribution < -0.4 is 0 Å². The average Bonchev–Trinajstić information content (AvgIpc) is 2.33. The molecule has 0 radical (unpaired) electrons. The van der Waals surface area contributed by atoms with E-state index in [1.165, 1.54) is 4.90 Å². The zero-order valence-electron chi connectivity index (χ0n) is 5.82. The fourth-order valence-corrected chi connectivity index (χ4v) is 1.13. The zero-order valence-corrected chi connectivity index (χ0v) is 7.09. The average molecular weight is 194 g/mol. The normalized spacial score (nSPS) is 22.5. The summed E-state index contributed by atoms with van der Waals surface area (Å²) >= 11 is 0. The quantitative estimate of drug-likeness (QED) is 0.608. The SMILES string of the molecule is O=[C-]N1CCCC1C(=O)O.[Cr]. The first-order valence-electron chi connectivity index (χ1n) is 3.13. The minimum absolute atomic E-state index is 0. The monoisotopic (exact) mass is 194 g/mol. The molecule has 4 nitrogen and oxygen atoms in total. The van der Waals surface area contributed by atoms with E-state index in [0.717, 1.165) is 6.42 Å². The molecule has 1 rings (SSSR count). The van der Waals surface area contributed by atoms with E-state index in [0.29, 0.717) is 13.0 Å². The minimum Gasteiger partial charge on any atom is -0.520 e. The van der Waals surface area contributed by atoms with Crippen molar-refractivity contribution >= 4 is 12.4 Å². The molecule has 62 valence electrons. The number of carbonyl (C=O) groups is 1. The van der Waals surface area contributed by atoms with E-state index in [1.54, 1.807) is 6.41 Å². The van der Waals surface area contributed by atoms with Gasteiger partial charge in [0, 0.05) is 17.4 Å². The summed E-state index contributed by atoms with van der Waals surface area (Å²) in [5, 5.41) is 8.49. The van der Waals surface area contributed by atoms with Crippen LogP contribution in [0.4, 0.5) is 0 Å². The van der Waals surface area contributed by atoms with E-state index < -0.39 is 12.0 Å². The first-order valence-corrected chi connectivity index (χ1v) is 3.13. The molecule has 1 N–H and O–H groups in total. The number of amides is 1. The largest absolute Gasteiger partial charge is 0.520 e. The molecule has 0 aromatic heterocycles. The summed E-state index contributed by atoms with van der Waals surface area (Å²) in [5.74, 6) is -0.930. The smallest absolute Gasteiger partial charge is 0.323 e. The molecule has 0 aromatic carbocycles. The van der Waals surface area contributed by atoms with E-state index >= 15 is 0 Å². The second-order valence-electron chi connectivity index (χ2n) is 2.28. The van der Waals surface area contributed by atoms with Crippen LogP contribution in [0.3, 0.4) is 0 Å². The molecule has 1 aliphatic rings. The van der Waals surface area contributed by atoms with Crippen molar-refractivity contribution in [3.8, 4) is 0 Å². The maximum absolute atomic E-state index is 10.4. The van der Waals surface area contributed by atoms with Gasteiger partial charge in [0.25, 0.3) is 0 Å². The number of hydrogen-bond acceptors (Lipinski definition) is 2. The standard InChI is InChI=1S/C6H8NO3.Cr/c8-4-7-3-1-2-5(7)6(9)10;/h5H,1-3H2,(H,9,10);/q-1;. The molecule has 11 heavy (non-hydrogen) atoms. The van der Waals surface area contributed by atoms with Crippen LogP contribution in [0, 0.1) is 0 Å². The summed E-state index contributed by atoms with van der Waals surface area (Å²) in [6, 6.07) is -0.627. The second-order valence-corrected chi connectivity index (χ2v) is 2.28. The van der Waals surface area contributed by atoms with Gasteiger partial charge < -0.3 is 14.8 Å². The van der Waals surface area contributed by atoms with Crippen LogP contribution in [-0.2, 0) is 27.0 Å². The predicted molar refractivity (Wildman–Crippen MR) is 33.1 cm³/mol. The van der Waals surface area contributed by atoms with E-state index in [9.17, 15) is 9.59 Å². The maximum Gasteiger partial charge on any atom is 0.323 e. The maximum atomic E-state index is 10.4. The molecule has 1 saturated heterocycles. The fraction of sp³-hybridized carbons (Fsp3) is 0.667. The van der Waals surface area contributed by atoms with Gasteiger partial charge >= 0.3 is 5.97 Å². The Balaban J connectivity index is 0.000001000. The van der Waals surface area contributed by atoms with Crippen molar-refractivity contribution < 1.29 is 32.1 Å². The fourth-order valence-electron chi connectivity index (χ4n) is 1.13. The number of carboxylic acids is 1. The van der Waals surface area contributed by atoms with Crippen molar-refractivity contribution in [2.75, 3.05) is 6.54 Å². The number of carbonyl (C=O) groups excluding carboxylic acids is 1. The Morgan fingerprint density at radius 2 is 2.27 bits per heavy atom. The summed E-state index contributed by atoms with van der Waals surface area (Å²) in [5.41, 5.74) is 0. The topological polar surface area (TPSA) is 57.6 Å². The Hall–Kier alpha value is -0.528. The van der Waals surface area contributed by atoms with E-state index in [-0.39, 0.29) is 17.4 Å². The summed E-state index contributed by atoms with van der Waals surface area (Å²) < 4.78 is 0. The van der Waals surface area contributed by atoms with Crippen LogP contribution in [0.15, 0.2) is 0 Å². The molecule has 1 fully saturated rings. The molecule has 0 aliphatic carbocycles. The summed E-state index contributed by atoms with van der Waals surface area (Å²) in [6.07, 6.45) is 2.93. The van der Waals surface area contributed by atoms with Crippen molar-refractivity contribution in [3.05, 3.63) is 0 Å². The third-order valence-corrected chi connectivity index (χ3v) is 1.66. The predicted octanol–water partition coefficient (Wildman–Crippen LogP) is -0.400. The molecule has 1 unspecified atom stereocenters. The summed E-state index contributed by atoms with van der Waals surface area (Å²) in [7, 11) is 0. The van der Waals surface area contributed by atoms with Crippen molar-refractivity contribution in [2.45, 2.75) is 18.9 Å². The minimum atomic E-state index is -0.930. The van der Waals surface area contributed by atoms with Crippen LogP contribution in [0.1, 0.15) is 12.8 Å². The van der Waals surface area contributed by atoms with Gasteiger partial charge in [-0.1, -0.05) is 0 Å². The van der Waals surface area contributed by atoms with Gasteiger partial charge in [0.15, 0.2) is 0 Å². The Bertz CT molecular complexity index is 162. The Labute approximate surface area is 75.3 Å². The molecule has 1 atom stereocenters. The van der Waals surface area contributed by atoms with Gasteiger partial charge in [0.05, 0.1) is 6.04 Å². The third kappa shape index (κ3) is 2.21. The number of carboxylic acid groups (broad SMARTS) is 1. The number of rotatable bonds is 2. The van der Waals surface area contributed by atoms with Crippen LogP contribution in [-0.4, -0.2) is 35.0 Å². The molecule has 0 saturated carbocycles. The number of nitrogens with zero attached hydrogens (tertiary/aromatic N) is 1. The molecule has 1 heterocycles. The first-order chi connectivity index (χ1) is 4.75. The first kappa shape index (κ1) is 10.5. The number of hydrogen-bond donors (Lipinski definition) is 1. The third-order valence-electron chi connectivity index (χ3n) is 1.66. The van der Waals surface area contributed by atoms with Crippen LogP contribution >= 0.6 is 0 Å². The Morgan fingerprint density at radius 1 is 1.64 bits per heavy atom. The molecule has 0 spiro atoms. The van der Waals surface area contributed by atoms with E-state index in [4.69, 9.17) is 5.11 Å². The van der Waals surface area contributed by atoms with Gasteiger partial charge in [-0.05, 0) is 19.4 Å². The van der Waals surface area contributed by atoms with Crippen molar-refractivity contribution in [3.63, 3.8) is 0 Å². The van der Waals surface area contributed by atoms with Gasteiger partial charge in [-0.2, -0.15) is 6.41 Å². The second kappa shape index (κ2) is 4.37. The Morgan fingerprint density at radius 3 is 2.64 bits per heavy atom. The van der Waals surface area contributed by atoms with Gasteiger partial charge in [-0.15, -0.1) is 0 Å². The van der Waals surface area contributed by atoms with Crippen LogP contribution in [0.25, 0.3) is 0 Å². The zero-order chi connectivity index (χ0) is 7.56. The van der Waals surface area contributed by atoms with Crippen molar-refractivity contribution in [2.24, 2.45) is 0 Å². The van der Waals surface area contributed by atoms with Gasteiger partial charge in [0.1, 0.15) is 0 Å². The number of likely N-dealkylation sites (tertiary alicyclic amines) is 1. The van der Waals surface area contributed by atoms with E-state index in [2.05, 4.69) is 0 Å².